The summed E-state index contributed by atoms with van der Waals surface area (Å²) in [6.07, 6.45) is 0. The molecule has 9 nitrogen and oxygen atoms in total. The zero-order chi connectivity index (χ0) is 20.4. The van der Waals surface area contributed by atoms with Gasteiger partial charge in [-0.3, -0.25) is 9.59 Å². The van der Waals surface area contributed by atoms with Crippen molar-refractivity contribution < 1.29 is 13.2 Å². The molecule has 1 amide bonds. The molecule has 2 rings (SSSR count). The fraction of sp³-hybridized carbons (Fsp3) is 0.294. The lowest BCUT2D eigenvalue weighted by atomic mass is 10.1. The van der Waals surface area contributed by atoms with Gasteiger partial charge >= 0.3 is 0 Å². The molecular weight excluding hydrogens is 370 g/mol. The van der Waals surface area contributed by atoms with E-state index in [0.29, 0.717) is 16.8 Å². The summed E-state index contributed by atoms with van der Waals surface area (Å²) in [7, 11) is -2.38. The van der Waals surface area contributed by atoms with Crippen LogP contribution in [0.25, 0.3) is 0 Å². The van der Waals surface area contributed by atoms with Gasteiger partial charge < -0.3 is 5.32 Å². The molecule has 2 aromatic rings. The second-order valence-corrected chi connectivity index (χ2v) is 7.75. The van der Waals surface area contributed by atoms with Crippen LogP contribution >= 0.6 is 0 Å². The predicted molar refractivity (Wildman–Crippen MR) is 98.7 cm³/mol. The van der Waals surface area contributed by atoms with Crippen LogP contribution in [0, 0.1) is 32.1 Å². The minimum absolute atomic E-state index is 0.0380. The molecule has 2 N–H and O–H groups in total. The molecule has 10 heteroatoms. The number of carbonyl (C=O) groups excluding carboxylic acids is 1. The maximum atomic E-state index is 12.3. The normalized spacial score (nSPS) is 11.1. The van der Waals surface area contributed by atoms with Crippen LogP contribution in [-0.4, -0.2) is 31.2 Å². The minimum Gasteiger partial charge on any atom is -0.324 e. The number of nitrogens with zero attached hydrogens (tertiary/aromatic N) is 3. The van der Waals surface area contributed by atoms with Gasteiger partial charge in [-0.25, -0.2) is 17.8 Å². The van der Waals surface area contributed by atoms with E-state index in [9.17, 15) is 18.0 Å². The smallest absolute Gasteiger partial charge is 0.285 e. The number of nitriles is 1. The Morgan fingerprint density at radius 3 is 2.56 bits per heavy atom. The Morgan fingerprint density at radius 2 is 1.96 bits per heavy atom. The summed E-state index contributed by atoms with van der Waals surface area (Å²) >= 11 is 0. The van der Waals surface area contributed by atoms with E-state index in [1.54, 1.807) is 32.9 Å². The van der Waals surface area contributed by atoms with E-state index in [4.69, 9.17) is 5.26 Å². The van der Waals surface area contributed by atoms with Crippen LogP contribution < -0.4 is 15.6 Å². The molecule has 1 heterocycles. The lowest BCUT2D eigenvalue weighted by Gasteiger charge is -2.12. The Kier molecular flexibility index (Phi) is 5.78. The first-order valence-electron chi connectivity index (χ1n) is 7.93. The molecule has 27 heavy (non-hydrogen) atoms. The van der Waals surface area contributed by atoms with E-state index in [-0.39, 0.29) is 16.1 Å². The Labute approximate surface area is 156 Å². The first-order chi connectivity index (χ1) is 12.6. The highest BCUT2D eigenvalue weighted by atomic mass is 32.2. The Balaban J connectivity index is 2.31. The largest absolute Gasteiger partial charge is 0.324 e. The van der Waals surface area contributed by atoms with Crippen molar-refractivity contribution in [2.45, 2.75) is 32.2 Å². The van der Waals surface area contributed by atoms with Crippen molar-refractivity contribution in [2.24, 2.45) is 0 Å². The average molecular weight is 389 g/mol. The molecule has 0 saturated heterocycles. The Hall–Kier alpha value is -3.03. The molecule has 1 aromatic heterocycles. The average Bonchev–Trinajstić information content (AvgIpc) is 2.61. The number of carbonyl (C=O) groups is 1. The number of nitrogens with one attached hydrogen (secondary N) is 2. The fourth-order valence-electron chi connectivity index (χ4n) is 2.42. The van der Waals surface area contributed by atoms with Crippen molar-refractivity contribution in [1.29, 1.82) is 5.26 Å². The molecule has 0 unspecified atom stereocenters. The summed E-state index contributed by atoms with van der Waals surface area (Å²) in [5.74, 6) is -0.576. The monoisotopic (exact) mass is 389 g/mol. The zero-order valence-corrected chi connectivity index (χ0v) is 16.1. The highest BCUT2D eigenvalue weighted by Gasteiger charge is 2.17. The van der Waals surface area contributed by atoms with Gasteiger partial charge in [-0.1, -0.05) is 6.07 Å². The third-order valence-corrected chi connectivity index (χ3v) is 5.63. The number of hydrogen-bond donors (Lipinski definition) is 2. The van der Waals surface area contributed by atoms with Crippen LogP contribution in [0.5, 0.6) is 0 Å². The van der Waals surface area contributed by atoms with Crippen LogP contribution in [0.4, 0.5) is 5.69 Å². The number of rotatable bonds is 5. The Morgan fingerprint density at radius 1 is 1.30 bits per heavy atom. The highest BCUT2D eigenvalue weighted by Crippen LogP contribution is 2.20. The summed E-state index contributed by atoms with van der Waals surface area (Å²) in [6.45, 7) is 4.48. The lowest BCUT2D eigenvalue weighted by Crippen LogP contribution is -2.32. The van der Waals surface area contributed by atoms with Gasteiger partial charge in [-0.05, 0) is 51.1 Å². The molecule has 0 spiro atoms. The van der Waals surface area contributed by atoms with Gasteiger partial charge in [0.15, 0.2) is 0 Å². The van der Waals surface area contributed by atoms with Crippen molar-refractivity contribution in [3.8, 4) is 6.07 Å². The molecule has 142 valence electrons. The molecule has 0 bridgehead atoms. The predicted octanol–water partition coefficient (Wildman–Crippen LogP) is 0.587. The standard InChI is InChI=1S/C17H19N5O4S/c1-10-5-6-13(7-15(10)27(25,26)19-4)20-16(23)9-22-17(24)14(8-18)11(2)12(3)21-22/h5-7,19H,9H2,1-4H3,(H,20,23). The second-order valence-electron chi connectivity index (χ2n) is 5.90. The number of aromatic nitrogens is 2. The van der Waals surface area contributed by atoms with Gasteiger partial charge in [-0.2, -0.15) is 10.4 Å². The summed E-state index contributed by atoms with van der Waals surface area (Å²) in [5.41, 5.74) is 1.01. The van der Waals surface area contributed by atoms with Gasteiger partial charge in [0.1, 0.15) is 18.2 Å². The van der Waals surface area contributed by atoms with Crippen molar-refractivity contribution in [1.82, 2.24) is 14.5 Å². The highest BCUT2D eigenvalue weighted by molar-refractivity contribution is 7.89. The quantitative estimate of drug-likeness (QED) is 0.768. The van der Waals surface area contributed by atoms with Gasteiger partial charge in [0.05, 0.1) is 10.6 Å². The Bertz CT molecular complexity index is 1110. The fourth-order valence-corrected chi connectivity index (χ4v) is 3.42. The summed E-state index contributed by atoms with van der Waals surface area (Å²) < 4.78 is 27.2. The van der Waals surface area contributed by atoms with Gasteiger partial charge in [0.2, 0.25) is 15.9 Å². The summed E-state index contributed by atoms with van der Waals surface area (Å²) in [5, 5.41) is 15.7. The molecule has 0 saturated carbocycles. The van der Waals surface area contributed by atoms with Crippen LogP contribution in [0.2, 0.25) is 0 Å². The van der Waals surface area contributed by atoms with Gasteiger partial charge in [0.25, 0.3) is 5.56 Å². The van der Waals surface area contributed by atoms with E-state index in [1.807, 2.05) is 6.07 Å². The van der Waals surface area contributed by atoms with Gasteiger partial charge in [0, 0.05) is 5.69 Å². The molecule has 0 radical (unpaired) electrons. The van der Waals surface area contributed by atoms with Crippen LogP contribution in [-0.2, 0) is 21.4 Å². The first kappa shape index (κ1) is 20.3. The number of aryl methyl sites for hydroxylation is 2. The van der Waals surface area contributed by atoms with Crippen LogP contribution in [0.15, 0.2) is 27.9 Å². The van der Waals surface area contributed by atoms with E-state index < -0.39 is 28.0 Å². The number of anilines is 1. The van der Waals surface area contributed by atoms with Crippen molar-refractivity contribution in [2.75, 3.05) is 12.4 Å². The van der Waals surface area contributed by atoms with Crippen LogP contribution in [0.1, 0.15) is 22.4 Å². The minimum atomic E-state index is -3.68. The summed E-state index contributed by atoms with van der Waals surface area (Å²) in [4.78, 5) is 24.6. The molecule has 0 aliphatic rings. The molecule has 0 aliphatic carbocycles. The second kappa shape index (κ2) is 7.69. The number of sulfonamides is 1. The summed E-state index contributed by atoms with van der Waals surface area (Å²) in [6, 6.07) is 6.27. The SMILES string of the molecule is CNS(=O)(=O)c1cc(NC(=O)Cn2nc(C)c(C)c(C#N)c2=O)ccc1C. The third-order valence-electron chi connectivity index (χ3n) is 4.07. The zero-order valence-electron chi connectivity index (χ0n) is 15.3. The maximum Gasteiger partial charge on any atom is 0.285 e. The lowest BCUT2D eigenvalue weighted by molar-refractivity contribution is -0.117. The van der Waals surface area contributed by atoms with Crippen molar-refractivity contribution >= 4 is 21.6 Å². The first-order valence-corrected chi connectivity index (χ1v) is 9.41. The molecular formula is C17H19N5O4S. The van der Waals surface area contributed by atoms with Crippen LogP contribution in [0.3, 0.4) is 0 Å². The van der Waals surface area contributed by atoms with Crippen molar-refractivity contribution in [3.05, 3.63) is 50.9 Å². The van der Waals surface area contributed by atoms with Gasteiger partial charge in [-0.15, -0.1) is 0 Å². The molecule has 0 aliphatic heterocycles. The van der Waals surface area contributed by atoms with E-state index in [1.165, 1.54) is 13.1 Å². The molecule has 1 aromatic carbocycles. The van der Waals surface area contributed by atoms with E-state index in [0.717, 1.165) is 4.68 Å². The topological polar surface area (TPSA) is 134 Å². The molecule has 0 atom stereocenters. The molecule has 0 fully saturated rings. The number of amides is 1. The maximum absolute atomic E-state index is 12.3. The third kappa shape index (κ3) is 4.21. The number of hydrogen-bond acceptors (Lipinski definition) is 6. The van der Waals surface area contributed by atoms with E-state index >= 15 is 0 Å². The number of benzene rings is 1. The van der Waals surface area contributed by atoms with Crippen molar-refractivity contribution in [3.63, 3.8) is 0 Å². The van der Waals surface area contributed by atoms with E-state index in [2.05, 4.69) is 15.1 Å².